The second-order valence-electron chi connectivity index (χ2n) is 2.74. The van der Waals surface area contributed by atoms with E-state index in [0.717, 1.165) is 11.3 Å². The monoisotopic (exact) mass is 190 g/mol. The minimum atomic E-state index is -0.308. The Labute approximate surface area is 84.2 Å². The lowest BCUT2D eigenvalue weighted by molar-refractivity contribution is 0.334. The Hall–Kier alpha value is -1.50. The smallest absolute Gasteiger partial charge is 0.125 e. The summed E-state index contributed by atoms with van der Waals surface area (Å²) in [6, 6.07) is 7.27. The second-order valence-corrected chi connectivity index (χ2v) is 2.74. The molecule has 1 unspecified atom stereocenters. The molecule has 0 fully saturated rings. The van der Waals surface area contributed by atoms with E-state index in [1.54, 1.807) is 0 Å². The Morgan fingerprint density at radius 3 is 2.86 bits per heavy atom. The van der Waals surface area contributed by atoms with E-state index in [9.17, 15) is 0 Å². The molecular formula is C11H14N2O. The highest BCUT2D eigenvalue weighted by molar-refractivity contribution is 5.39. The largest absolute Gasteiger partial charge is 0.493 e. The first kappa shape index (κ1) is 10.6. The molecule has 0 amide bonds. The molecule has 1 aromatic rings. The van der Waals surface area contributed by atoms with Crippen molar-refractivity contribution in [2.75, 3.05) is 6.61 Å². The van der Waals surface area contributed by atoms with Crippen molar-refractivity contribution < 1.29 is 4.74 Å². The third kappa shape index (κ3) is 2.25. The van der Waals surface area contributed by atoms with Gasteiger partial charge in [-0.15, -0.1) is 6.42 Å². The predicted molar refractivity (Wildman–Crippen MR) is 56.5 cm³/mol. The van der Waals surface area contributed by atoms with Crippen molar-refractivity contribution in [1.82, 2.24) is 5.43 Å². The molecule has 0 radical (unpaired) electrons. The number of hydrogen-bond donors (Lipinski definition) is 2. The second kappa shape index (κ2) is 5.28. The zero-order valence-electron chi connectivity index (χ0n) is 8.16. The lowest BCUT2D eigenvalue weighted by Crippen LogP contribution is -2.27. The molecule has 3 nitrogen and oxygen atoms in total. The van der Waals surface area contributed by atoms with Gasteiger partial charge >= 0.3 is 0 Å². The van der Waals surface area contributed by atoms with Crippen LogP contribution in [0, 0.1) is 12.3 Å². The van der Waals surface area contributed by atoms with Gasteiger partial charge in [-0.3, -0.25) is 5.84 Å². The van der Waals surface area contributed by atoms with Crippen LogP contribution in [0.5, 0.6) is 5.75 Å². The third-order valence-corrected chi connectivity index (χ3v) is 1.86. The molecule has 3 N–H and O–H groups in total. The molecule has 0 aromatic heterocycles. The van der Waals surface area contributed by atoms with Crippen molar-refractivity contribution in [2.24, 2.45) is 5.84 Å². The highest BCUT2D eigenvalue weighted by Gasteiger charge is 2.10. The fourth-order valence-electron chi connectivity index (χ4n) is 1.23. The average molecular weight is 190 g/mol. The first-order valence-corrected chi connectivity index (χ1v) is 4.47. The van der Waals surface area contributed by atoms with E-state index < -0.39 is 0 Å². The van der Waals surface area contributed by atoms with Crippen molar-refractivity contribution in [1.29, 1.82) is 0 Å². The topological polar surface area (TPSA) is 47.3 Å². The maximum absolute atomic E-state index is 5.43. The summed E-state index contributed by atoms with van der Waals surface area (Å²) in [4.78, 5) is 0. The van der Waals surface area contributed by atoms with Crippen molar-refractivity contribution in [2.45, 2.75) is 13.0 Å². The number of rotatable bonds is 4. The van der Waals surface area contributed by atoms with Crippen LogP contribution in [0.15, 0.2) is 24.3 Å². The Morgan fingerprint density at radius 2 is 2.29 bits per heavy atom. The molecule has 14 heavy (non-hydrogen) atoms. The van der Waals surface area contributed by atoms with Crippen molar-refractivity contribution in [3.8, 4) is 18.1 Å². The van der Waals surface area contributed by atoms with E-state index in [-0.39, 0.29) is 6.04 Å². The molecule has 0 bridgehead atoms. The van der Waals surface area contributed by atoms with E-state index >= 15 is 0 Å². The van der Waals surface area contributed by atoms with Crippen LogP contribution >= 0.6 is 0 Å². The maximum atomic E-state index is 5.43. The fourth-order valence-corrected chi connectivity index (χ4v) is 1.23. The molecule has 0 aliphatic rings. The van der Waals surface area contributed by atoms with E-state index in [0.29, 0.717) is 6.61 Å². The SMILES string of the molecule is C#CC(NN)c1ccccc1OCC. The molecular weight excluding hydrogens is 176 g/mol. The number of nitrogens with two attached hydrogens (primary N) is 1. The zero-order valence-corrected chi connectivity index (χ0v) is 8.16. The molecule has 74 valence electrons. The Kier molecular flexibility index (Phi) is 3.99. The number of hydrogen-bond acceptors (Lipinski definition) is 3. The van der Waals surface area contributed by atoms with E-state index in [2.05, 4.69) is 11.3 Å². The molecule has 1 rings (SSSR count). The van der Waals surface area contributed by atoms with Crippen LogP contribution in [-0.4, -0.2) is 6.61 Å². The number of hydrazine groups is 1. The predicted octanol–water partition coefficient (Wildman–Crippen LogP) is 1.22. The normalized spacial score (nSPS) is 11.8. The van der Waals surface area contributed by atoms with Crippen molar-refractivity contribution >= 4 is 0 Å². The Bertz CT molecular complexity index is 330. The lowest BCUT2D eigenvalue weighted by Gasteiger charge is -2.14. The van der Waals surface area contributed by atoms with Crippen LogP contribution in [0.1, 0.15) is 18.5 Å². The molecule has 1 atom stereocenters. The Morgan fingerprint density at radius 1 is 1.57 bits per heavy atom. The van der Waals surface area contributed by atoms with Crippen LogP contribution in [0.4, 0.5) is 0 Å². The van der Waals surface area contributed by atoms with Gasteiger partial charge < -0.3 is 4.74 Å². The van der Waals surface area contributed by atoms with Gasteiger partial charge in [-0.25, -0.2) is 5.43 Å². The summed E-state index contributed by atoms with van der Waals surface area (Å²) in [6.45, 7) is 2.54. The van der Waals surface area contributed by atoms with Gasteiger partial charge in [0.25, 0.3) is 0 Å². The summed E-state index contributed by atoms with van der Waals surface area (Å²) < 4.78 is 5.43. The average Bonchev–Trinajstić information content (AvgIpc) is 2.23. The highest BCUT2D eigenvalue weighted by Crippen LogP contribution is 2.23. The van der Waals surface area contributed by atoms with Gasteiger partial charge in [-0.2, -0.15) is 0 Å². The fraction of sp³-hybridized carbons (Fsp3) is 0.273. The Balaban J connectivity index is 3.00. The molecule has 0 aliphatic heterocycles. The van der Waals surface area contributed by atoms with Gasteiger partial charge in [-0.05, 0) is 13.0 Å². The highest BCUT2D eigenvalue weighted by atomic mass is 16.5. The van der Waals surface area contributed by atoms with E-state index in [1.807, 2.05) is 31.2 Å². The standard InChI is InChI=1S/C11H14N2O/c1-3-10(13-12)9-7-5-6-8-11(9)14-4-2/h1,5-8,10,13H,4,12H2,2H3. The van der Waals surface area contributed by atoms with E-state index in [1.165, 1.54) is 0 Å². The summed E-state index contributed by atoms with van der Waals surface area (Å²) in [5.74, 6) is 8.66. The van der Waals surface area contributed by atoms with Crippen LogP contribution in [0.2, 0.25) is 0 Å². The van der Waals surface area contributed by atoms with Crippen LogP contribution in [0.3, 0.4) is 0 Å². The number of benzene rings is 1. The van der Waals surface area contributed by atoms with Gasteiger partial charge in [0.05, 0.1) is 6.61 Å². The van der Waals surface area contributed by atoms with Crippen LogP contribution < -0.4 is 16.0 Å². The van der Waals surface area contributed by atoms with Gasteiger partial charge in [0.2, 0.25) is 0 Å². The maximum Gasteiger partial charge on any atom is 0.125 e. The number of para-hydroxylation sites is 1. The number of terminal acetylenes is 1. The summed E-state index contributed by atoms with van der Waals surface area (Å²) >= 11 is 0. The molecule has 0 saturated carbocycles. The molecule has 1 aromatic carbocycles. The van der Waals surface area contributed by atoms with E-state index in [4.69, 9.17) is 17.0 Å². The number of ether oxygens (including phenoxy) is 1. The number of nitrogens with one attached hydrogen (secondary N) is 1. The summed E-state index contributed by atoms with van der Waals surface area (Å²) in [6.07, 6.45) is 5.33. The first-order chi connectivity index (χ1) is 6.83. The van der Waals surface area contributed by atoms with Crippen LogP contribution in [0.25, 0.3) is 0 Å². The zero-order chi connectivity index (χ0) is 10.4. The minimum absolute atomic E-state index is 0.308. The van der Waals surface area contributed by atoms with Crippen molar-refractivity contribution in [3.63, 3.8) is 0 Å². The first-order valence-electron chi connectivity index (χ1n) is 4.47. The lowest BCUT2D eigenvalue weighted by atomic mass is 10.1. The van der Waals surface area contributed by atoms with Gasteiger partial charge in [0, 0.05) is 5.56 Å². The third-order valence-electron chi connectivity index (χ3n) is 1.86. The van der Waals surface area contributed by atoms with Gasteiger partial charge in [0.1, 0.15) is 11.8 Å². The van der Waals surface area contributed by atoms with Crippen molar-refractivity contribution in [3.05, 3.63) is 29.8 Å². The van der Waals surface area contributed by atoms with Gasteiger partial charge in [0.15, 0.2) is 0 Å². The van der Waals surface area contributed by atoms with Gasteiger partial charge in [-0.1, -0.05) is 24.1 Å². The molecule has 0 saturated heterocycles. The summed E-state index contributed by atoms with van der Waals surface area (Å²) in [5.41, 5.74) is 3.44. The van der Waals surface area contributed by atoms with Crippen LogP contribution in [-0.2, 0) is 0 Å². The molecule has 0 heterocycles. The molecule has 0 aliphatic carbocycles. The molecule has 0 spiro atoms. The molecule has 3 heteroatoms. The minimum Gasteiger partial charge on any atom is -0.493 e. The quantitative estimate of drug-likeness (QED) is 0.426. The summed E-state index contributed by atoms with van der Waals surface area (Å²) in [5, 5.41) is 0. The summed E-state index contributed by atoms with van der Waals surface area (Å²) in [7, 11) is 0.